The zero-order valence-electron chi connectivity index (χ0n) is 22.4. The molecule has 3 aromatic carbocycles. The number of aliphatic carboxylic acids is 1. The van der Waals surface area contributed by atoms with Crippen molar-refractivity contribution in [3.05, 3.63) is 99.2 Å². The average molecular weight is 613 g/mol. The van der Waals surface area contributed by atoms with E-state index in [-0.39, 0.29) is 24.0 Å². The van der Waals surface area contributed by atoms with Crippen molar-refractivity contribution in [1.29, 1.82) is 0 Å². The summed E-state index contributed by atoms with van der Waals surface area (Å²) in [7, 11) is -3.60. The average Bonchev–Trinajstić information content (AvgIpc) is 3.74. The van der Waals surface area contributed by atoms with E-state index in [1.807, 2.05) is 24.3 Å². The number of carbonyl (C=O) groups is 1. The summed E-state index contributed by atoms with van der Waals surface area (Å²) in [5.41, 5.74) is 5.49. The minimum atomic E-state index is -3.60. The fourth-order valence-corrected chi connectivity index (χ4v) is 7.61. The number of carboxylic acid groups (broad SMARTS) is 1. The van der Waals surface area contributed by atoms with Gasteiger partial charge in [0.05, 0.1) is 29.4 Å². The number of nitrogens with zero attached hydrogens (tertiary/aromatic N) is 3. The topological polar surface area (TPSA) is 92.5 Å². The maximum absolute atomic E-state index is 12.7. The third-order valence-electron chi connectivity index (χ3n) is 8.20. The van der Waals surface area contributed by atoms with Crippen LogP contribution in [0.3, 0.4) is 0 Å². The molecule has 10 heteroatoms. The van der Waals surface area contributed by atoms with Gasteiger partial charge in [0.2, 0.25) is 10.0 Å². The Hall–Kier alpha value is -2.91. The summed E-state index contributed by atoms with van der Waals surface area (Å²) in [5.74, 6) is -1.39. The Labute approximate surface area is 249 Å². The molecule has 41 heavy (non-hydrogen) atoms. The van der Waals surface area contributed by atoms with Crippen molar-refractivity contribution in [1.82, 2.24) is 14.1 Å². The molecule has 1 saturated carbocycles. The SMILES string of the molecule is O=C(O)CCS(=O)(=O)N1CCC(c2nn(C3CC3)c3ccc(C(c4ccc(Cl)cc4)c4ccc(Cl)cc4)cc23)CC1. The number of hydrogen-bond donors (Lipinski definition) is 1. The maximum Gasteiger partial charge on any atom is 0.304 e. The second kappa shape index (κ2) is 11.4. The van der Waals surface area contributed by atoms with Crippen LogP contribution in [-0.4, -0.2) is 52.4 Å². The molecule has 0 radical (unpaired) electrons. The largest absolute Gasteiger partial charge is 0.481 e. The fourth-order valence-electron chi connectivity index (χ4n) is 5.90. The molecule has 1 saturated heterocycles. The molecule has 214 valence electrons. The number of sulfonamides is 1. The van der Waals surface area contributed by atoms with Gasteiger partial charge >= 0.3 is 5.97 Å². The van der Waals surface area contributed by atoms with E-state index < -0.39 is 16.0 Å². The van der Waals surface area contributed by atoms with Crippen LogP contribution in [0.4, 0.5) is 0 Å². The second-order valence-electron chi connectivity index (χ2n) is 11.0. The lowest BCUT2D eigenvalue weighted by atomic mass is 9.84. The zero-order chi connectivity index (χ0) is 28.7. The Bertz CT molecular complexity index is 1630. The van der Waals surface area contributed by atoms with Crippen LogP contribution < -0.4 is 0 Å². The van der Waals surface area contributed by atoms with Gasteiger partial charge in [0.15, 0.2) is 0 Å². The van der Waals surface area contributed by atoms with Crippen molar-refractivity contribution in [2.75, 3.05) is 18.8 Å². The molecule has 1 aromatic heterocycles. The lowest BCUT2D eigenvalue weighted by Crippen LogP contribution is -2.39. The number of halogens is 2. The summed E-state index contributed by atoms with van der Waals surface area (Å²) in [6.07, 6.45) is 3.12. The molecule has 0 unspecified atom stereocenters. The smallest absolute Gasteiger partial charge is 0.304 e. The molecule has 7 nitrogen and oxygen atoms in total. The van der Waals surface area contributed by atoms with Gasteiger partial charge in [-0.15, -0.1) is 0 Å². The summed E-state index contributed by atoms with van der Waals surface area (Å²) in [5, 5.41) is 16.5. The van der Waals surface area contributed by atoms with Gasteiger partial charge in [0, 0.05) is 40.4 Å². The molecule has 4 aromatic rings. The van der Waals surface area contributed by atoms with Crippen LogP contribution in [0.5, 0.6) is 0 Å². The van der Waals surface area contributed by atoms with E-state index in [4.69, 9.17) is 33.4 Å². The highest BCUT2D eigenvalue weighted by atomic mass is 35.5. The highest BCUT2D eigenvalue weighted by Crippen LogP contribution is 2.42. The van der Waals surface area contributed by atoms with Crippen LogP contribution in [0.15, 0.2) is 66.7 Å². The van der Waals surface area contributed by atoms with Crippen molar-refractivity contribution >= 4 is 50.1 Å². The molecule has 2 aliphatic rings. The normalized spacial score (nSPS) is 17.0. The first-order valence-corrected chi connectivity index (χ1v) is 16.3. The molecule has 2 fully saturated rings. The summed E-state index contributed by atoms with van der Waals surface area (Å²) < 4.78 is 29.0. The number of benzene rings is 3. The number of aromatic nitrogens is 2. The van der Waals surface area contributed by atoms with Crippen LogP contribution in [0.1, 0.15) is 72.4 Å². The second-order valence-corrected chi connectivity index (χ2v) is 14.0. The molecule has 0 spiro atoms. The number of hydrogen-bond acceptors (Lipinski definition) is 4. The summed E-state index contributed by atoms with van der Waals surface area (Å²) in [6, 6.07) is 22.9. The maximum atomic E-state index is 12.7. The minimum Gasteiger partial charge on any atom is -0.481 e. The van der Waals surface area contributed by atoms with Gasteiger partial charge in [0.25, 0.3) is 0 Å². The van der Waals surface area contributed by atoms with E-state index in [9.17, 15) is 13.2 Å². The Morgan fingerprint density at radius 3 is 1.98 bits per heavy atom. The Morgan fingerprint density at radius 1 is 0.878 bits per heavy atom. The summed E-state index contributed by atoms with van der Waals surface area (Å²) in [4.78, 5) is 10.9. The first-order chi connectivity index (χ1) is 19.7. The van der Waals surface area contributed by atoms with Crippen LogP contribution >= 0.6 is 23.2 Å². The molecule has 2 heterocycles. The third-order valence-corrected chi connectivity index (χ3v) is 10.6. The van der Waals surface area contributed by atoms with E-state index in [0.717, 1.165) is 46.1 Å². The van der Waals surface area contributed by atoms with E-state index in [1.165, 1.54) is 4.31 Å². The molecular weight excluding hydrogens is 581 g/mol. The highest BCUT2D eigenvalue weighted by Gasteiger charge is 2.33. The number of piperidine rings is 1. The van der Waals surface area contributed by atoms with Crippen molar-refractivity contribution in [3.63, 3.8) is 0 Å². The molecule has 0 atom stereocenters. The van der Waals surface area contributed by atoms with Crippen molar-refractivity contribution in [2.24, 2.45) is 0 Å². The quantitative estimate of drug-likeness (QED) is 0.209. The van der Waals surface area contributed by atoms with Crippen LogP contribution in [0.25, 0.3) is 10.9 Å². The van der Waals surface area contributed by atoms with Gasteiger partial charge in [-0.1, -0.05) is 53.5 Å². The number of fused-ring (bicyclic) bond motifs is 1. The van der Waals surface area contributed by atoms with E-state index in [2.05, 4.69) is 47.1 Å². The Balaban J connectivity index is 1.36. The first-order valence-electron chi connectivity index (χ1n) is 13.9. The fraction of sp³-hybridized carbons (Fsp3) is 0.355. The predicted molar refractivity (Wildman–Crippen MR) is 161 cm³/mol. The third kappa shape index (κ3) is 6.02. The highest BCUT2D eigenvalue weighted by molar-refractivity contribution is 7.89. The molecule has 1 N–H and O–H groups in total. The molecule has 0 amide bonds. The van der Waals surface area contributed by atoms with Crippen molar-refractivity contribution in [3.8, 4) is 0 Å². The van der Waals surface area contributed by atoms with Crippen LogP contribution in [0, 0.1) is 0 Å². The monoisotopic (exact) mass is 611 g/mol. The molecule has 6 rings (SSSR count). The lowest BCUT2D eigenvalue weighted by Gasteiger charge is -2.30. The summed E-state index contributed by atoms with van der Waals surface area (Å²) >= 11 is 12.5. The van der Waals surface area contributed by atoms with Gasteiger partial charge < -0.3 is 5.11 Å². The van der Waals surface area contributed by atoms with E-state index in [0.29, 0.717) is 42.0 Å². The Kier molecular flexibility index (Phi) is 7.85. The molecule has 0 bridgehead atoms. The van der Waals surface area contributed by atoms with Gasteiger partial charge in [-0.25, -0.2) is 12.7 Å². The van der Waals surface area contributed by atoms with Crippen molar-refractivity contribution < 1.29 is 18.3 Å². The van der Waals surface area contributed by atoms with Gasteiger partial charge in [-0.3, -0.25) is 9.48 Å². The standard InChI is InChI=1S/C31H31Cl2N3O4S/c32-24-6-1-20(2-7-24)30(21-3-8-25(33)9-4-21)23-5-12-28-27(19-23)31(34-36(28)26-10-11-26)22-13-16-35(17-14-22)41(39,40)18-15-29(37)38/h1-9,12,19,22,26,30H,10-11,13-18H2,(H,37,38). The van der Waals surface area contributed by atoms with Crippen molar-refractivity contribution in [2.45, 2.75) is 50.0 Å². The molecule has 1 aliphatic carbocycles. The van der Waals surface area contributed by atoms with E-state index >= 15 is 0 Å². The predicted octanol–water partition coefficient (Wildman–Crippen LogP) is 6.84. The number of rotatable bonds is 9. The van der Waals surface area contributed by atoms with E-state index in [1.54, 1.807) is 0 Å². The van der Waals surface area contributed by atoms with Gasteiger partial charge in [0.1, 0.15) is 0 Å². The van der Waals surface area contributed by atoms with Gasteiger partial charge in [-0.2, -0.15) is 5.10 Å². The molecular formula is C31H31Cl2N3O4S. The zero-order valence-corrected chi connectivity index (χ0v) is 24.7. The number of carboxylic acids is 1. The van der Waals surface area contributed by atoms with Crippen LogP contribution in [0.2, 0.25) is 10.0 Å². The Morgan fingerprint density at radius 2 is 1.44 bits per heavy atom. The first kappa shape index (κ1) is 28.2. The minimum absolute atomic E-state index is 0.0349. The van der Waals surface area contributed by atoms with Gasteiger partial charge in [-0.05, 0) is 78.8 Å². The summed E-state index contributed by atoms with van der Waals surface area (Å²) in [6.45, 7) is 0.727. The van der Waals surface area contributed by atoms with Crippen LogP contribution in [-0.2, 0) is 14.8 Å². The lowest BCUT2D eigenvalue weighted by molar-refractivity contribution is -0.136. The molecule has 1 aliphatic heterocycles.